The molecule has 3 unspecified atom stereocenters. The molecule has 0 bridgehead atoms. The third kappa shape index (κ3) is 6.92. The predicted octanol–water partition coefficient (Wildman–Crippen LogP) is 1.95. The molecule has 1 saturated heterocycles. The second-order valence-corrected chi connectivity index (χ2v) is 10.4. The summed E-state index contributed by atoms with van der Waals surface area (Å²) in [5, 5.41) is 13.4. The summed E-state index contributed by atoms with van der Waals surface area (Å²) in [6, 6.07) is 8.39. The van der Waals surface area contributed by atoms with E-state index in [2.05, 4.69) is 10.1 Å². The number of hydrogen-bond acceptors (Lipinski definition) is 9. The van der Waals surface area contributed by atoms with Crippen LogP contribution >= 0.6 is 7.75 Å². The highest BCUT2D eigenvalue weighted by Gasteiger charge is 2.45. The number of nitrogens with zero attached hydrogens (tertiary/aromatic N) is 1. The minimum atomic E-state index is -4.17. The number of hydrogen-bond donors (Lipinski definition) is 3. The van der Waals surface area contributed by atoms with E-state index in [1.807, 2.05) is 6.92 Å². The van der Waals surface area contributed by atoms with E-state index in [-0.39, 0.29) is 18.5 Å². The topological polar surface area (TPSA) is 158 Å². The third-order valence-electron chi connectivity index (χ3n) is 5.53. The van der Waals surface area contributed by atoms with Crippen molar-refractivity contribution in [2.75, 3.05) is 6.61 Å². The molecule has 3 N–H and O–H groups in total. The maximum atomic E-state index is 13.6. The quantitative estimate of drug-likeness (QED) is 0.292. The normalized spacial score (nSPS) is 24.3. The Balaban J connectivity index is 1.78. The molecule has 1 aliphatic heterocycles. The van der Waals surface area contributed by atoms with Gasteiger partial charge in [-0.25, -0.2) is 9.36 Å². The molecule has 1 aliphatic rings. The average molecular weight is 525 g/mol. The van der Waals surface area contributed by atoms with Crippen LogP contribution in [0.4, 0.5) is 0 Å². The van der Waals surface area contributed by atoms with Crippen molar-refractivity contribution >= 4 is 13.7 Å². The summed E-state index contributed by atoms with van der Waals surface area (Å²) in [4.78, 5) is 38.2. The van der Waals surface area contributed by atoms with Gasteiger partial charge < -0.3 is 19.1 Å². The van der Waals surface area contributed by atoms with Gasteiger partial charge in [-0.05, 0) is 39.3 Å². The molecule has 198 valence electrons. The molecule has 3 rings (SSSR count). The van der Waals surface area contributed by atoms with Gasteiger partial charge in [-0.15, -0.1) is 0 Å². The van der Waals surface area contributed by atoms with Gasteiger partial charge in [0, 0.05) is 18.2 Å². The van der Waals surface area contributed by atoms with Crippen LogP contribution in [-0.2, 0) is 23.4 Å². The van der Waals surface area contributed by atoms with Crippen molar-refractivity contribution in [3.63, 3.8) is 0 Å². The van der Waals surface area contributed by atoms with Crippen molar-refractivity contribution in [2.24, 2.45) is 5.92 Å². The molecule has 1 fully saturated rings. The number of para-hydroxylation sites is 1. The lowest BCUT2D eigenvalue weighted by atomic mass is 9.97. The minimum absolute atomic E-state index is 0.231. The molecule has 36 heavy (non-hydrogen) atoms. The first-order valence-electron chi connectivity index (χ1n) is 11.7. The Labute approximate surface area is 208 Å². The van der Waals surface area contributed by atoms with Crippen LogP contribution in [0.2, 0.25) is 0 Å². The van der Waals surface area contributed by atoms with E-state index in [1.165, 1.54) is 23.8 Å². The maximum Gasteiger partial charge on any atom is 0.459 e. The molecule has 0 spiro atoms. The fourth-order valence-electron chi connectivity index (χ4n) is 3.79. The zero-order valence-electron chi connectivity index (χ0n) is 20.5. The Kier molecular flexibility index (Phi) is 9.26. The number of nitrogens with one attached hydrogen (secondary N) is 2. The number of carbonyl (C=O) groups is 1. The van der Waals surface area contributed by atoms with Gasteiger partial charge in [-0.2, -0.15) is 5.09 Å². The molecule has 0 radical (unpaired) electrons. The number of aromatic amines is 1. The van der Waals surface area contributed by atoms with Crippen LogP contribution in [-0.4, -0.2) is 51.6 Å². The molecule has 1 aromatic heterocycles. The molecular formula is C23H32N3O9P. The first-order chi connectivity index (χ1) is 17.0. The van der Waals surface area contributed by atoms with Gasteiger partial charge in [0.05, 0.1) is 18.8 Å². The molecular weight excluding hydrogens is 493 g/mol. The lowest BCUT2D eigenvalue weighted by Gasteiger charge is -2.25. The standard InChI is InChI=1S/C23H32N3O9P/c1-5-17-20(28)18(34-21(17)26-12-11-19(27)24-23(26)30)13-32-36(31,35-16-9-7-6-8-10-16)25-15(4)22(29)33-14(2)3/h6-12,14-15,17-18,20-21,28H,5,13H2,1-4H3,(H,25,31)(H,24,27,30)/t15-,17?,18?,20-,21?,36-/m0/s1. The van der Waals surface area contributed by atoms with Crippen LogP contribution < -0.4 is 20.9 Å². The highest BCUT2D eigenvalue weighted by Crippen LogP contribution is 2.46. The van der Waals surface area contributed by atoms with Gasteiger partial charge >= 0.3 is 19.4 Å². The number of carbonyl (C=O) groups excluding carboxylic acids is 1. The fourth-order valence-corrected chi connectivity index (χ4v) is 5.29. The van der Waals surface area contributed by atoms with Crippen LogP contribution in [0.1, 0.15) is 40.3 Å². The van der Waals surface area contributed by atoms with Crippen molar-refractivity contribution in [3.8, 4) is 5.75 Å². The van der Waals surface area contributed by atoms with E-state index in [1.54, 1.807) is 44.2 Å². The number of H-pyrrole nitrogens is 1. The van der Waals surface area contributed by atoms with Gasteiger partial charge in [-0.3, -0.25) is 23.7 Å². The first kappa shape index (κ1) is 27.8. The van der Waals surface area contributed by atoms with Crippen LogP contribution in [0.25, 0.3) is 0 Å². The maximum absolute atomic E-state index is 13.6. The van der Waals surface area contributed by atoms with Crippen molar-refractivity contribution in [2.45, 2.75) is 64.7 Å². The Morgan fingerprint density at radius 2 is 1.92 bits per heavy atom. The van der Waals surface area contributed by atoms with E-state index in [0.717, 1.165) is 0 Å². The van der Waals surface area contributed by atoms with Crippen molar-refractivity contribution in [1.82, 2.24) is 14.6 Å². The van der Waals surface area contributed by atoms with Crippen LogP contribution in [0, 0.1) is 5.92 Å². The third-order valence-corrected chi connectivity index (χ3v) is 7.18. The molecule has 0 amide bonds. The first-order valence-corrected chi connectivity index (χ1v) is 13.2. The van der Waals surface area contributed by atoms with Crippen LogP contribution in [0.3, 0.4) is 0 Å². The van der Waals surface area contributed by atoms with E-state index in [0.29, 0.717) is 6.42 Å². The minimum Gasteiger partial charge on any atom is -0.462 e. The predicted molar refractivity (Wildman–Crippen MR) is 129 cm³/mol. The molecule has 12 nitrogen and oxygen atoms in total. The van der Waals surface area contributed by atoms with E-state index in [9.17, 15) is 24.1 Å². The summed E-state index contributed by atoms with van der Waals surface area (Å²) in [6.07, 6.45) is -1.58. The summed E-state index contributed by atoms with van der Waals surface area (Å²) in [6.45, 7) is 6.27. The van der Waals surface area contributed by atoms with Crippen LogP contribution in [0.5, 0.6) is 5.75 Å². The van der Waals surface area contributed by atoms with E-state index >= 15 is 0 Å². The second-order valence-electron chi connectivity index (χ2n) is 8.68. The molecule has 13 heteroatoms. The summed E-state index contributed by atoms with van der Waals surface area (Å²) >= 11 is 0. The number of aliphatic hydroxyl groups is 1. The molecule has 1 aromatic carbocycles. The molecule has 2 heterocycles. The monoisotopic (exact) mass is 525 g/mol. The van der Waals surface area contributed by atoms with Crippen molar-refractivity contribution in [3.05, 3.63) is 63.4 Å². The number of esters is 1. The van der Waals surface area contributed by atoms with Gasteiger partial charge in [0.1, 0.15) is 24.1 Å². The number of rotatable bonds is 11. The Bertz CT molecular complexity index is 1180. The molecule has 0 saturated carbocycles. The smallest absolute Gasteiger partial charge is 0.459 e. The summed E-state index contributed by atoms with van der Waals surface area (Å²) in [5.74, 6) is -0.925. The van der Waals surface area contributed by atoms with E-state index in [4.69, 9.17) is 18.5 Å². The van der Waals surface area contributed by atoms with Crippen LogP contribution in [0.15, 0.2) is 52.2 Å². The van der Waals surface area contributed by atoms with Crippen molar-refractivity contribution in [1.29, 1.82) is 0 Å². The molecule has 2 aromatic rings. The lowest BCUT2D eigenvalue weighted by molar-refractivity contribution is -0.149. The van der Waals surface area contributed by atoms with E-state index < -0.39 is 55.4 Å². The molecule has 6 atom stereocenters. The van der Waals surface area contributed by atoms with Gasteiger partial charge in [0.25, 0.3) is 5.56 Å². The largest absolute Gasteiger partial charge is 0.462 e. The fraction of sp³-hybridized carbons (Fsp3) is 0.522. The Morgan fingerprint density at radius 1 is 1.22 bits per heavy atom. The molecule has 0 aliphatic carbocycles. The number of benzene rings is 1. The SMILES string of the molecule is CCC1C(n2ccc(=O)[nH]c2=O)OC(CO[P@@](=O)(N[C@@H](C)C(=O)OC(C)C)Oc2ccccc2)[C@H]1O. The number of ether oxygens (including phenoxy) is 2. The highest BCUT2D eigenvalue weighted by atomic mass is 31.2. The van der Waals surface area contributed by atoms with Gasteiger partial charge in [0.15, 0.2) is 0 Å². The Morgan fingerprint density at radius 3 is 2.53 bits per heavy atom. The number of aromatic nitrogens is 2. The zero-order chi connectivity index (χ0) is 26.5. The second kappa shape index (κ2) is 12.0. The summed E-state index contributed by atoms with van der Waals surface area (Å²) in [5.41, 5.74) is -1.24. The van der Waals surface area contributed by atoms with Gasteiger partial charge in [-0.1, -0.05) is 25.1 Å². The zero-order valence-corrected chi connectivity index (χ0v) is 21.4. The van der Waals surface area contributed by atoms with Gasteiger partial charge in [0.2, 0.25) is 0 Å². The average Bonchev–Trinajstić information content (AvgIpc) is 3.12. The Hall–Kier alpha value is -2.76. The highest BCUT2D eigenvalue weighted by molar-refractivity contribution is 7.52. The summed E-state index contributed by atoms with van der Waals surface area (Å²) in [7, 11) is -4.17. The summed E-state index contributed by atoms with van der Waals surface area (Å²) < 4.78 is 37.1. The van der Waals surface area contributed by atoms with Crippen molar-refractivity contribution < 1.29 is 33.0 Å². The number of aliphatic hydroxyl groups excluding tert-OH is 1. The lowest BCUT2D eigenvalue weighted by Crippen LogP contribution is -2.37.